The van der Waals surface area contributed by atoms with Crippen LogP contribution in [-0.4, -0.2) is 41.1 Å². The normalized spacial score (nSPS) is 20.3. The Hall–Kier alpha value is -0.610. The molecule has 1 heterocycles. The first-order valence-electron chi connectivity index (χ1n) is 5.81. The molecule has 88 valence electrons. The van der Waals surface area contributed by atoms with Crippen LogP contribution in [0, 0.1) is 0 Å². The molecule has 0 aliphatic carbocycles. The van der Waals surface area contributed by atoms with Gasteiger partial charge in [-0.15, -0.1) is 0 Å². The number of hydrogen-bond donors (Lipinski definition) is 2. The summed E-state index contributed by atoms with van der Waals surface area (Å²) in [7, 11) is 0. The van der Waals surface area contributed by atoms with Gasteiger partial charge in [-0.05, 0) is 32.6 Å². The minimum atomic E-state index is -0.210. The van der Waals surface area contributed by atoms with Gasteiger partial charge in [-0.1, -0.05) is 0 Å². The van der Waals surface area contributed by atoms with Gasteiger partial charge in [0, 0.05) is 25.6 Å². The highest BCUT2D eigenvalue weighted by Gasteiger charge is 2.20. The van der Waals surface area contributed by atoms with Crippen molar-refractivity contribution in [3.05, 3.63) is 0 Å². The van der Waals surface area contributed by atoms with E-state index in [1.54, 1.807) is 0 Å². The lowest BCUT2D eigenvalue weighted by molar-refractivity contribution is -0.133. The van der Waals surface area contributed by atoms with Crippen LogP contribution < -0.4 is 5.73 Å². The second kappa shape index (κ2) is 6.08. The Bertz CT molecular complexity index is 199. The van der Waals surface area contributed by atoms with Crippen molar-refractivity contribution in [1.29, 1.82) is 0 Å². The molecule has 1 rings (SSSR count). The number of nitrogens with zero attached hydrogens (tertiary/aromatic N) is 1. The van der Waals surface area contributed by atoms with Crippen LogP contribution in [0.1, 0.15) is 39.0 Å². The topological polar surface area (TPSA) is 66.6 Å². The lowest BCUT2D eigenvalue weighted by atomic mass is 10.1. The van der Waals surface area contributed by atoms with Crippen LogP contribution >= 0.6 is 0 Å². The molecule has 0 aromatic carbocycles. The summed E-state index contributed by atoms with van der Waals surface area (Å²) in [4.78, 5) is 13.5. The van der Waals surface area contributed by atoms with Gasteiger partial charge in [0.1, 0.15) is 0 Å². The summed E-state index contributed by atoms with van der Waals surface area (Å²) < 4.78 is 0. The van der Waals surface area contributed by atoms with E-state index < -0.39 is 0 Å². The monoisotopic (exact) mass is 214 g/mol. The van der Waals surface area contributed by atoms with Crippen LogP contribution in [0.2, 0.25) is 0 Å². The molecule has 0 bridgehead atoms. The minimum absolute atomic E-state index is 0.181. The highest BCUT2D eigenvalue weighted by molar-refractivity contribution is 5.76. The van der Waals surface area contributed by atoms with Crippen molar-refractivity contribution >= 4 is 5.91 Å². The highest BCUT2D eigenvalue weighted by Crippen LogP contribution is 2.12. The van der Waals surface area contributed by atoms with Gasteiger partial charge in [0.05, 0.1) is 6.10 Å². The molecule has 0 saturated carbocycles. The van der Waals surface area contributed by atoms with Crippen molar-refractivity contribution in [2.75, 3.05) is 13.1 Å². The molecule has 0 spiro atoms. The average molecular weight is 214 g/mol. The molecule has 4 heteroatoms. The molecular formula is C11H22N2O2. The summed E-state index contributed by atoms with van der Waals surface area (Å²) in [5.74, 6) is 0.211. The van der Waals surface area contributed by atoms with Crippen molar-refractivity contribution in [2.45, 2.75) is 51.2 Å². The second-order valence-corrected chi connectivity index (χ2v) is 4.48. The van der Waals surface area contributed by atoms with E-state index in [-0.39, 0.29) is 18.1 Å². The van der Waals surface area contributed by atoms with Gasteiger partial charge in [-0.2, -0.15) is 0 Å². The molecular weight excluding hydrogens is 192 g/mol. The number of piperidine rings is 1. The Labute approximate surface area is 91.4 Å². The summed E-state index contributed by atoms with van der Waals surface area (Å²) >= 11 is 0. The smallest absolute Gasteiger partial charge is 0.222 e. The number of rotatable bonds is 4. The first-order chi connectivity index (χ1) is 7.09. The Morgan fingerprint density at radius 3 is 2.67 bits per heavy atom. The molecule has 1 atom stereocenters. The number of likely N-dealkylation sites (tertiary alicyclic amines) is 1. The maximum atomic E-state index is 11.7. The van der Waals surface area contributed by atoms with Crippen LogP contribution in [0.5, 0.6) is 0 Å². The van der Waals surface area contributed by atoms with E-state index >= 15 is 0 Å². The molecule has 1 aliphatic heterocycles. The average Bonchev–Trinajstić information content (AvgIpc) is 2.18. The van der Waals surface area contributed by atoms with Crippen molar-refractivity contribution < 1.29 is 9.90 Å². The summed E-state index contributed by atoms with van der Waals surface area (Å²) in [6, 6.07) is 0.181. The van der Waals surface area contributed by atoms with E-state index in [0.29, 0.717) is 19.5 Å². The number of aliphatic hydroxyl groups is 1. The van der Waals surface area contributed by atoms with E-state index in [4.69, 9.17) is 5.73 Å². The third-order valence-electron chi connectivity index (χ3n) is 2.87. The minimum Gasteiger partial charge on any atom is -0.393 e. The van der Waals surface area contributed by atoms with Crippen LogP contribution in [-0.2, 0) is 4.79 Å². The van der Waals surface area contributed by atoms with E-state index in [0.717, 1.165) is 25.7 Å². The molecule has 1 saturated heterocycles. The Morgan fingerprint density at radius 2 is 2.13 bits per heavy atom. The fraction of sp³-hybridized carbons (Fsp3) is 0.909. The Kier molecular flexibility index (Phi) is 5.05. The third-order valence-corrected chi connectivity index (χ3v) is 2.87. The number of nitrogens with two attached hydrogens (primary N) is 1. The van der Waals surface area contributed by atoms with Crippen LogP contribution in [0.15, 0.2) is 0 Å². The van der Waals surface area contributed by atoms with Gasteiger partial charge in [0.25, 0.3) is 0 Å². The fourth-order valence-electron chi connectivity index (χ4n) is 1.85. The van der Waals surface area contributed by atoms with Gasteiger partial charge >= 0.3 is 0 Å². The van der Waals surface area contributed by atoms with Crippen LogP contribution in [0.4, 0.5) is 0 Å². The van der Waals surface area contributed by atoms with Crippen molar-refractivity contribution in [3.63, 3.8) is 0 Å². The molecule has 4 nitrogen and oxygen atoms in total. The predicted octanol–water partition coefficient (Wildman–Crippen LogP) is 0.487. The lowest BCUT2D eigenvalue weighted by Gasteiger charge is -2.29. The molecule has 1 fully saturated rings. The van der Waals surface area contributed by atoms with Gasteiger partial charge in [-0.25, -0.2) is 0 Å². The number of hydrogen-bond acceptors (Lipinski definition) is 3. The summed E-state index contributed by atoms with van der Waals surface area (Å²) in [5, 5.41) is 9.30. The molecule has 1 unspecified atom stereocenters. The van der Waals surface area contributed by atoms with Crippen molar-refractivity contribution in [2.24, 2.45) is 5.73 Å². The SMILES string of the molecule is CC(N)CCCC(=O)N1CCC(O)CC1. The largest absolute Gasteiger partial charge is 0.393 e. The summed E-state index contributed by atoms with van der Waals surface area (Å²) in [6.45, 7) is 3.37. The van der Waals surface area contributed by atoms with Crippen LogP contribution in [0.25, 0.3) is 0 Å². The maximum absolute atomic E-state index is 11.7. The van der Waals surface area contributed by atoms with Crippen molar-refractivity contribution in [1.82, 2.24) is 4.90 Å². The van der Waals surface area contributed by atoms with E-state index in [1.165, 1.54) is 0 Å². The molecule has 15 heavy (non-hydrogen) atoms. The van der Waals surface area contributed by atoms with E-state index in [2.05, 4.69) is 0 Å². The highest BCUT2D eigenvalue weighted by atomic mass is 16.3. The number of carbonyl (C=O) groups excluding carboxylic acids is 1. The number of carbonyl (C=O) groups is 1. The van der Waals surface area contributed by atoms with Gasteiger partial charge in [0.15, 0.2) is 0 Å². The first kappa shape index (κ1) is 12.5. The zero-order valence-corrected chi connectivity index (χ0v) is 9.48. The molecule has 0 aromatic rings. The zero-order valence-electron chi connectivity index (χ0n) is 9.48. The standard InChI is InChI=1S/C11H22N2O2/c1-9(12)3-2-4-11(15)13-7-5-10(14)6-8-13/h9-10,14H,2-8,12H2,1H3. The Morgan fingerprint density at radius 1 is 1.53 bits per heavy atom. The summed E-state index contributed by atoms with van der Waals surface area (Å²) in [5.41, 5.74) is 5.62. The van der Waals surface area contributed by atoms with Gasteiger partial charge in [0.2, 0.25) is 5.91 Å². The summed E-state index contributed by atoms with van der Waals surface area (Å²) in [6.07, 6.45) is 3.60. The molecule has 0 aromatic heterocycles. The van der Waals surface area contributed by atoms with Gasteiger partial charge < -0.3 is 15.7 Å². The number of amides is 1. The van der Waals surface area contributed by atoms with Gasteiger partial charge in [-0.3, -0.25) is 4.79 Å². The van der Waals surface area contributed by atoms with Crippen LogP contribution in [0.3, 0.4) is 0 Å². The van der Waals surface area contributed by atoms with E-state index in [9.17, 15) is 9.90 Å². The fourth-order valence-corrected chi connectivity index (χ4v) is 1.85. The molecule has 1 amide bonds. The lowest BCUT2D eigenvalue weighted by Crippen LogP contribution is -2.40. The zero-order chi connectivity index (χ0) is 11.3. The van der Waals surface area contributed by atoms with Crippen molar-refractivity contribution in [3.8, 4) is 0 Å². The third kappa shape index (κ3) is 4.62. The second-order valence-electron chi connectivity index (χ2n) is 4.48. The molecule has 3 N–H and O–H groups in total. The number of aliphatic hydroxyl groups excluding tert-OH is 1. The quantitative estimate of drug-likeness (QED) is 0.715. The molecule has 0 radical (unpaired) electrons. The maximum Gasteiger partial charge on any atom is 0.222 e. The molecule has 1 aliphatic rings. The first-order valence-corrected chi connectivity index (χ1v) is 5.81. The predicted molar refractivity (Wildman–Crippen MR) is 59.3 cm³/mol. The Balaban J connectivity index is 2.17. The van der Waals surface area contributed by atoms with E-state index in [1.807, 2.05) is 11.8 Å².